The molecule has 0 aliphatic heterocycles. The van der Waals surface area contributed by atoms with Crippen LogP contribution < -0.4 is 5.73 Å². The van der Waals surface area contributed by atoms with E-state index < -0.39 is 0 Å². The Bertz CT molecular complexity index is 226. The number of likely N-dealkylation sites (N-methyl/N-ethyl adjacent to an activating group) is 1. The van der Waals surface area contributed by atoms with Crippen LogP contribution in [0.25, 0.3) is 0 Å². The van der Waals surface area contributed by atoms with Gasteiger partial charge in [0, 0.05) is 39.6 Å². The van der Waals surface area contributed by atoms with Crippen LogP contribution in [-0.2, 0) is 4.79 Å². The first-order valence-corrected chi connectivity index (χ1v) is 6.15. The van der Waals surface area contributed by atoms with Crippen molar-refractivity contribution in [3.63, 3.8) is 0 Å². The molecule has 1 amide bonds. The Balaban J connectivity index is 2.36. The van der Waals surface area contributed by atoms with Crippen LogP contribution in [0.2, 0.25) is 0 Å². The number of nitrogens with zero attached hydrogens (tertiary/aromatic N) is 2. The normalized spacial score (nSPS) is 18.3. The minimum Gasteiger partial charge on any atom is -0.349 e. The molecule has 0 heterocycles. The number of amides is 1. The topological polar surface area (TPSA) is 49.6 Å². The molecule has 16 heavy (non-hydrogen) atoms. The van der Waals surface area contributed by atoms with Gasteiger partial charge >= 0.3 is 0 Å². The van der Waals surface area contributed by atoms with E-state index in [4.69, 9.17) is 5.73 Å². The summed E-state index contributed by atoms with van der Waals surface area (Å²) < 4.78 is 0. The smallest absolute Gasteiger partial charge is 0.223 e. The second kappa shape index (κ2) is 6.21. The van der Waals surface area contributed by atoms with E-state index in [1.54, 1.807) is 19.0 Å². The summed E-state index contributed by atoms with van der Waals surface area (Å²) in [5, 5.41) is 0. The lowest BCUT2D eigenvalue weighted by Crippen LogP contribution is -2.44. The predicted octanol–water partition coefficient (Wildman–Crippen LogP) is 0.524. The van der Waals surface area contributed by atoms with Gasteiger partial charge in [0.1, 0.15) is 0 Å². The minimum atomic E-state index is 0.163. The van der Waals surface area contributed by atoms with Gasteiger partial charge in [-0.1, -0.05) is 6.42 Å². The molecular weight excluding hydrogens is 202 g/mol. The summed E-state index contributed by atoms with van der Waals surface area (Å²) in [6.07, 6.45) is 4.57. The summed E-state index contributed by atoms with van der Waals surface area (Å²) in [7, 11) is 5.67. The molecule has 94 valence electrons. The minimum absolute atomic E-state index is 0.163. The average molecular weight is 227 g/mol. The predicted molar refractivity (Wildman–Crippen MR) is 66.1 cm³/mol. The molecule has 1 unspecified atom stereocenters. The molecule has 1 aliphatic rings. The average Bonchev–Trinajstić information content (AvgIpc) is 2.18. The zero-order chi connectivity index (χ0) is 12.1. The Morgan fingerprint density at radius 3 is 2.38 bits per heavy atom. The Kier molecular flexibility index (Phi) is 5.22. The number of rotatable bonds is 6. The molecule has 0 aromatic heterocycles. The van der Waals surface area contributed by atoms with Gasteiger partial charge in [-0.25, -0.2) is 0 Å². The van der Waals surface area contributed by atoms with Gasteiger partial charge in [-0.2, -0.15) is 0 Å². The standard InChI is InChI=1S/C12H25N3O/c1-14(2)12(16)7-11(8-13)15(3)9-10-5-4-6-10/h10-11H,4-9,13H2,1-3H3. The Hall–Kier alpha value is -0.610. The van der Waals surface area contributed by atoms with Crippen LogP contribution >= 0.6 is 0 Å². The summed E-state index contributed by atoms with van der Waals surface area (Å²) in [5.41, 5.74) is 5.74. The molecule has 0 radical (unpaired) electrons. The molecular formula is C12H25N3O. The summed E-state index contributed by atoms with van der Waals surface area (Å²) in [6, 6.07) is 0.190. The van der Waals surface area contributed by atoms with Crippen LogP contribution in [-0.4, -0.2) is 56.0 Å². The number of carbonyl (C=O) groups excluding carboxylic acids is 1. The van der Waals surface area contributed by atoms with E-state index in [9.17, 15) is 4.79 Å². The zero-order valence-corrected chi connectivity index (χ0v) is 10.8. The lowest BCUT2D eigenvalue weighted by atomic mass is 9.85. The van der Waals surface area contributed by atoms with E-state index in [1.807, 2.05) is 0 Å². The maximum Gasteiger partial charge on any atom is 0.223 e. The summed E-state index contributed by atoms with van der Waals surface area (Å²) in [4.78, 5) is 15.5. The molecule has 1 atom stereocenters. The molecule has 4 heteroatoms. The molecule has 1 aliphatic carbocycles. The van der Waals surface area contributed by atoms with Gasteiger partial charge in [0.2, 0.25) is 5.91 Å². The van der Waals surface area contributed by atoms with Gasteiger partial charge in [-0.15, -0.1) is 0 Å². The van der Waals surface area contributed by atoms with Gasteiger partial charge in [-0.3, -0.25) is 4.79 Å². The molecule has 0 bridgehead atoms. The van der Waals surface area contributed by atoms with Crippen molar-refractivity contribution in [1.82, 2.24) is 9.80 Å². The number of hydrogen-bond donors (Lipinski definition) is 1. The Morgan fingerprint density at radius 1 is 1.38 bits per heavy atom. The van der Waals surface area contributed by atoms with E-state index in [1.165, 1.54) is 19.3 Å². The maximum atomic E-state index is 11.6. The van der Waals surface area contributed by atoms with Crippen LogP contribution in [0.3, 0.4) is 0 Å². The van der Waals surface area contributed by atoms with Crippen molar-refractivity contribution in [3.05, 3.63) is 0 Å². The van der Waals surface area contributed by atoms with Gasteiger partial charge in [0.25, 0.3) is 0 Å². The first kappa shape index (κ1) is 13.5. The third kappa shape index (κ3) is 3.76. The first-order chi connectivity index (χ1) is 7.54. The number of nitrogens with two attached hydrogens (primary N) is 1. The fourth-order valence-corrected chi connectivity index (χ4v) is 2.03. The SMILES string of the molecule is CN(C)C(=O)CC(CN)N(C)CC1CCC1. The van der Waals surface area contributed by atoms with E-state index in [2.05, 4.69) is 11.9 Å². The largest absolute Gasteiger partial charge is 0.349 e. The van der Waals surface area contributed by atoms with Crippen molar-refractivity contribution < 1.29 is 4.79 Å². The highest BCUT2D eigenvalue weighted by Gasteiger charge is 2.24. The summed E-state index contributed by atoms with van der Waals surface area (Å²) in [5.74, 6) is 0.990. The third-order valence-corrected chi connectivity index (χ3v) is 3.58. The van der Waals surface area contributed by atoms with Crippen molar-refractivity contribution in [2.45, 2.75) is 31.7 Å². The Labute approximate surface area is 98.8 Å². The highest BCUT2D eigenvalue weighted by atomic mass is 16.2. The van der Waals surface area contributed by atoms with Crippen LogP contribution in [0, 0.1) is 5.92 Å². The lowest BCUT2D eigenvalue weighted by Gasteiger charge is -2.34. The fourth-order valence-electron chi connectivity index (χ4n) is 2.03. The summed E-state index contributed by atoms with van der Waals surface area (Å²) in [6.45, 7) is 1.64. The molecule has 1 rings (SSSR count). The molecule has 0 saturated heterocycles. The van der Waals surface area contributed by atoms with Crippen molar-refractivity contribution in [2.24, 2.45) is 11.7 Å². The quantitative estimate of drug-likeness (QED) is 0.720. The van der Waals surface area contributed by atoms with E-state index in [0.717, 1.165) is 12.5 Å². The highest BCUT2D eigenvalue weighted by Crippen LogP contribution is 2.27. The van der Waals surface area contributed by atoms with Gasteiger partial charge < -0.3 is 15.5 Å². The summed E-state index contributed by atoms with van der Waals surface area (Å²) >= 11 is 0. The molecule has 0 aromatic carbocycles. The highest BCUT2D eigenvalue weighted by molar-refractivity contribution is 5.76. The van der Waals surface area contributed by atoms with Crippen LogP contribution in [0.15, 0.2) is 0 Å². The molecule has 0 aromatic rings. The van der Waals surface area contributed by atoms with Crippen LogP contribution in [0.1, 0.15) is 25.7 Å². The Morgan fingerprint density at radius 2 is 2.00 bits per heavy atom. The van der Waals surface area contributed by atoms with Gasteiger partial charge in [0.05, 0.1) is 0 Å². The van der Waals surface area contributed by atoms with E-state index in [0.29, 0.717) is 13.0 Å². The fraction of sp³-hybridized carbons (Fsp3) is 0.917. The van der Waals surface area contributed by atoms with Crippen molar-refractivity contribution >= 4 is 5.91 Å². The number of hydrogen-bond acceptors (Lipinski definition) is 3. The lowest BCUT2D eigenvalue weighted by molar-refractivity contribution is -0.129. The van der Waals surface area contributed by atoms with Crippen LogP contribution in [0.4, 0.5) is 0 Å². The van der Waals surface area contributed by atoms with Crippen molar-refractivity contribution in [3.8, 4) is 0 Å². The monoisotopic (exact) mass is 227 g/mol. The second-order valence-corrected chi connectivity index (χ2v) is 5.12. The molecule has 2 N–H and O–H groups in total. The third-order valence-electron chi connectivity index (χ3n) is 3.58. The second-order valence-electron chi connectivity index (χ2n) is 5.12. The van der Waals surface area contributed by atoms with Crippen molar-refractivity contribution in [1.29, 1.82) is 0 Å². The molecule has 4 nitrogen and oxygen atoms in total. The number of carbonyl (C=O) groups is 1. The molecule has 1 saturated carbocycles. The zero-order valence-electron chi connectivity index (χ0n) is 10.8. The van der Waals surface area contributed by atoms with E-state index >= 15 is 0 Å². The maximum absolute atomic E-state index is 11.6. The van der Waals surface area contributed by atoms with Crippen LogP contribution in [0.5, 0.6) is 0 Å². The molecule has 1 fully saturated rings. The van der Waals surface area contributed by atoms with Gasteiger partial charge in [0.15, 0.2) is 0 Å². The van der Waals surface area contributed by atoms with E-state index in [-0.39, 0.29) is 11.9 Å². The molecule has 0 spiro atoms. The van der Waals surface area contributed by atoms with Gasteiger partial charge in [-0.05, 0) is 25.8 Å². The first-order valence-electron chi connectivity index (χ1n) is 6.15. The van der Waals surface area contributed by atoms with Crippen molar-refractivity contribution in [2.75, 3.05) is 34.2 Å².